The van der Waals surface area contributed by atoms with Gasteiger partial charge in [0.25, 0.3) is 0 Å². The highest BCUT2D eigenvalue weighted by atomic mass is 16.7. The monoisotopic (exact) mass is 354 g/mol. The van der Waals surface area contributed by atoms with Crippen molar-refractivity contribution in [2.45, 2.75) is 44.7 Å². The number of aromatic hydroxyl groups is 1. The minimum absolute atomic E-state index is 0.0269. The first-order chi connectivity index (χ1) is 12.6. The summed E-state index contributed by atoms with van der Waals surface area (Å²) < 4.78 is 14.5. The van der Waals surface area contributed by atoms with E-state index in [1.165, 1.54) is 22.2 Å². The fourth-order valence-corrected chi connectivity index (χ4v) is 5.35. The fraction of sp³-hybridized carbons (Fsp3) is 0.524. The molecule has 3 aliphatic heterocycles. The molecule has 2 aromatic rings. The first-order valence-electron chi connectivity index (χ1n) is 9.52. The summed E-state index contributed by atoms with van der Waals surface area (Å²) in [5.41, 5.74) is 5.19. The number of benzene rings is 1. The first-order valence-corrected chi connectivity index (χ1v) is 9.52. The molecule has 3 aliphatic rings. The van der Waals surface area contributed by atoms with Gasteiger partial charge in [-0.3, -0.25) is 4.90 Å². The third-order valence-electron chi connectivity index (χ3n) is 6.55. The molecule has 1 saturated heterocycles. The molecule has 1 aromatic heterocycles. The Morgan fingerprint density at radius 2 is 2.15 bits per heavy atom. The number of rotatable bonds is 1. The maximum atomic E-state index is 10.0. The molecule has 5 heteroatoms. The van der Waals surface area contributed by atoms with Crippen molar-refractivity contribution in [1.82, 2.24) is 9.47 Å². The van der Waals surface area contributed by atoms with Crippen LogP contribution in [0.3, 0.4) is 0 Å². The number of hydrogen-bond acceptors (Lipinski definition) is 4. The van der Waals surface area contributed by atoms with Crippen molar-refractivity contribution in [3.8, 4) is 5.75 Å². The molecule has 0 aliphatic carbocycles. The minimum atomic E-state index is -0.278. The van der Waals surface area contributed by atoms with Gasteiger partial charge in [-0.25, -0.2) is 0 Å². The van der Waals surface area contributed by atoms with Crippen LogP contribution in [0.1, 0.15) is 43.3 Å². The van der Waals surface area contributed by atoms with Gasteiger partial charge < -0.3 is 19.1 Å². The molecule has 26 heavy (non-hydrogen) atoms. The van der Waals surface area contributed by atoms with Gasteiger partial charge in [0.1, 0.15) is 12.0 Å². The summed E-state index contributed by atoms with van der Waals surface area (Å²) in [6.07, 6.45) is 4.94. The van der Waals surface area contributed by atoms with Crippen LogP contribution in [0, 0.1) is 5.92 Å². The van der Waals surface area contributed by atoms with Crippen molar-refractivity contribution >= 4 is 10.9 Å². The lowest BCUT2D eigenvalue weighted by Gasteiger charge is -2.37. The van der Waals surface area contributed by atoms with Crippen LogP contribution < -0.4 is 0 Å². The van der Waals surface area contributed by atoms with Crippen LogP contribution in [-0.4, -0.2) is 41.6 Å². The van der Waals surface area contributed by atoms with Crippen LogP contribution in [0.5, 0.6) is 5.75 Å². The summed E-state index contributed by atoms with van der Waals surface area (Å²) in [6, 6.07) is 6.11. The molecule has 4 atom stereocenters. The molecule has 5 rings (SSSR count). The van der Waals surface area contributed by atoms with E-state index in [1.54, 1.807) is 13.2 Å². The standard InChI is InChI=1S/C21H26N2O3/c1-4-14-12-9-18-20-15(7-8-22(18)2)16-11-13(24)5-6-17(16)23(20)19(10-12)26-21(14)25-3/h4-6,11-12,18-19,21,24H,7-10H2,1-3H3/b14-4+/t12-,18+,19-,21-/m1/s1. The van der Waals surface area contributed by atoms with Crippen LogP contribution in [0.4, 0.5) is 0 Å². The van der Waals surface area contributed by atoms with Crippen molar-refractivity contribution < 1.29 is 14.6 Å². The van der Waals surface area contributed by atoms with Gasteiger partial charge in [0.15, 0.2) is 6.29 Å². The SMILES string of the molecule is C/C=C1\[C@@H]2C[C@H]3c4c(c5cc(O)ccc5n4[C@@H](C2)O[C@H]1OC)CCN3C. The summed E-state index contributed by atoms with van der Waals surface area (Å²) in [7, 11) is 3.96. The average molecular weight is 354 g/mol. The lowest BCUT2D eigenvalue weighted by molar-refractivity contribution is -0.182. The van der Waals surface area contributed by atoms with Crippen molar-refractivity contribution in [3.63, 3.8) is 0 Å². The van der Waals surface area contributed by atoms with Crippen LogP contribution in [0.25, 0.3) is 10.9 Å². The minimum Gasteiger partial charge on any atom is -0.508 e. The molecule has 2 bridgehead atoms. The molecule has 4 heterocycles. The fourth-order valence-electron chi connectivity index (χ4n) is 5.35. The lowest BCUT2D eigenvalue weighted by atomic mass is 9.84. The highest BCUT2D eigenvalue weighted by Gasteiger charge is 2.44. The highest BCUT2D eigenvalue weighted by molar-refractivity contribution is 5.87. The smallest absolute Gasteiger partial charge is 0.182 e. The second kappa shape index (κ2) is 5.84. The third kappa shape index (κ3) is 2.14. The van der Waals surface area contributed by atoms with Gasteiger partial charge in [0.05, 0.1) is 11.6 Å². The number of phenols is 1. The van der Waals surface area contributed by atoms with Crippen LogP contribution in [0.15, 0.2) is 29.8 Å². The molecule has 5 nitrogen and oxygen atoms in total. The van der Waals surface area contributed by atoms with Crippen molar-refractivity contribution in [2.75, 3.05) is 20.7 Å². The van der Waals surface area contributed by atoms with Gasteiger partial charge in [-0.05, 0) is 68.5 Å². The van der Waals surface area contributed by atoms with E-state index in [0.717, 1.165) is 31.3 Å². The topological polar surface area (TPSA) is 46.9 Å². The largest absolute Gasteiger partial charge is 0.508 e. The zero-order chi connectivity index (χ0) is 18.0. The van der Waals surface area contributed by atoms with Gasteiger partial charge in [-0.15, -0.1) is 0 Å². The van der Waals surface area contributed by atoms with Gasteiger partial charge in [-0.1, -0.05) is 6.08 Å². The molecule has 0 spiro atoms. The third-order valence-corrected chi connectivity index (χ3v) is 6.55. The lowest BCUT2D eigenvalue weighted by Crippen LogP contribution is -2.34. The van der Waals surface area contributed by atoms with Crippen molar-refractivity contribution in [3.05, 3.63) is 41.1 Å². The maximum absolute atomic E-state index is 10.0. The average Bonchev–Trinajstić information content (AvgIpc) is 2.89. The van der Waals surface area contributed by atoms with E-state index < -0.39 is 0 Å². The predicted octanol–water partition coefficient (Wildman–Crippen LogP) is 3.73. The Hall–Kier alpha value is -1.82. The second-order valence-corrected chi connectivity index (χ2v) is 7.80. The van der Waals surface area contributed by atoms with Crippen molar-refractivity contribution in [2.24, 2.45) is 5.92 Å². The molecule has 0 amide bonds. The highest BCUT2D eigenvalue weighted by Crippen LogP contribution is 2.50. The van der Waals surface area contributed by atoms with Gasteiger partial charge in [0, 0.05) is 24.7 Å². The molecule has 1 aromatic carbocycles. The zero-order valence-corrected chi connectivity index (χ0v) is 15.6. The summed E-state index contributed by atoms with van der Waals surface area (Å²) in [4.78, 5) is 2.48. The number of allylic oxidation sites excluding steroid dienone is 1. The second-order valence-electron chi connectivity index (χ2n) is 7.80. The molecular formula is C21H26N2O3. The van der Waals surface area contributed by atoms with E-state index in [2.05, 4.69) is 29.5 Å². The molecule has 0 saturated carbocycles. The van der Waals surface area contributed by atoms with Crippen LogP contribution in [0.2, 0.25) is 0 Å². The zero-order valence-electron chi connectivity index (χ0n) is 15.6. The number of ether oxygens (including phenoxy) is 2. The van der Waals surface area contributed by atoms with E-state index in [4.69, 9.17) is 9.47 Å². The van der Waals surface area contributed by atoms with Gasteiger partial charge >= 0.3 is 0 Å². The molecule has 1 N–H and O–H groups in total. The van der Waals surface area contributed by atoms with Gasteiger partial charge in [-0.2, -0.15) is 0 Å². The Labute approximate surface area is 153 Å². The van der Waals surface area contributed by atoms with Crippen LogP contribution >= 0.6 is 0 Å². The van der Waals surface area contributed by atoms with Crippen LogP contribution in [-0.2, 0) is 15.9 Å². The summed E-state index contributed by atoms with van der Waals surface area (Å²) in [5.74, 6) is 0.799. The normalized spacial score (nSPS) is 32.7. The quantitative estimate of drug-likeness (QED) is 0.793. The number of nitrogens with zero attached hydrogens (tertiary/aromatic N) is 2. The number of phenolic OH excluding ortho intramolecular Hbond substituents is 1. The van der Waals surface area contributed by atoms with E-state index in [-0.39, 0.29) is 12.5 Å². The summed E-state index contributed by atoms with van der Waals surface area (Å²) >= 11 is 0. The molecule has 0 radical (unpaired) electrons. The van der Waals surface area contributed by atoms with E-state index in [9.17, 15) is 5.11 Å². The Balaban J connectivity index is 1.77. The Morgan fingerprint density at radius 3 is 2.92 bits per heavy atom. The Morgan fingerprint density at radius 1 is 1.31 bits per heavy atom. The number of fused-ring (bicyclic) bond motifs is 6. The van der Waals surface area contributed by atoms with Gasteiger partial charge in [0.2, 0.25) is 0 Å². The van der Waals surface area contributed by atoms with E-state index >= 15 is 0 Å². The maximum Gasteiger partial charge on any atom is 0.182 e. The number of aromatic nitrogens is 1. The Bertz CT molecular complexity index is 900. The molecule has 0 unspecified atom stereocenters. The number of hydrogen-bond donors (Lipinski definition) is 1. The Kier molecular flexibility index (Phi) is 3.68. The molecular weight excluding hydrogens is 328 g/mol. The number of likely N-dealkylation sites (N-methyl/N-ethyl adjacent to an activating group) is 1. The summed E-state index contributed by atoms with van der Waals surface area (Å²) in [6.45, 7) is 3.13. The molecule has 1 fully saturated rings. The number of methoxy groups -OCH3 is 1. The van der Waals surface area contributed by atoms with E-state index in [0.29, 0.717) is 17.7 Å². The molecule has 138 valence electrons. The summed E-state index contributed by atoms with van der Waals surface area (Å²) in [5, 5.41) is 11.2. The van der Waals surface area contributed by atoms with Crippen molar-refractivity contribution in [1.29, 1.82) is 0 Å². The predicted molar refractivity (Wildman–Crippen MR) is 100 cm³/mol. The first kappa shape index (κ1) is 16.4. The van der Waals surface area contributed by atoms with E-state index in [1.807, 2.05) is 12.1 Å².